The minimum atomic E-state index is -0.0388. The Balaban J connectivity index is 2.46. The van der Waals surface area contributed by atoms with Crippen LogP contribution in [-0.4, -0.2) is 20.1 Å². The summed E-state index contributed by atoms with van der Waals surface area (Å²) in [6.45, 7) is 2.87. The number of thiol groups is 1. The summed E-state index contributed by atoms with van der Waals surface area (Å²) in [5.74, 6) is 1.50. The van der Waals surface area contributed by atoms with Crippen LogP contribution in [0.1, 0.15) is 19.8 Å². The van der Waals surface area contributed by atoms with E-state index in [1.54, 1.807) is 13.4 Å². The summed E-state index contributed by atoms with van der Waals surface area (Å²) in [4.78, 5) is 11.4. The third-order valence-corrected chi connectivity index (χ3v) is 2.60. The molecule has 0 saturated heterocycles. The maximum Gasteiger partial charge on any atom is 0.345 e. The van der Waals surface area contributed by atoms with Gasteiger partial charge in [0.2, 0.25) is 0 Å². The average Bonchev–Trinajstić information content (AvgIpc) is 2.46. The monoisotopic (exact) mass is 215 g/mol. The summed E-state index contributed by atoms with van der Waals surface area (Å²) in [5.41, 5.74) is -0.0388. The number of aryl methyl sites for hydroxylation is 2. The first-order chi connectivity index (χ1) is 6.65. The molecule has 5 heteroatoms. The molecule has 0 saturated carbocycles. The molecule has 0 spiro atoms. The van der Waals surface area contributed by atoms with Crippen LogP contribution in [0.4, 0.5) is 0 Å². The SMILES string of the molecule is CC(CCS)CCn1ncn(C)c1=O. The Hall–Kier alpha value is -0.710. The number of aromatic nitrogens is 3. The van der Waals surface area contributed by atoms with E-state index in [0.717, 1.165) is 18.6 Å². The highest BCUT2D eigenvalue weighted by molar-refractivity contribution is 7.80. The molecule has 0 fully saturated rings. The lowest BCUT2D eigenvalue weighted by Crippen LogP contribution is -2.23. The predicted octanol–water partition coefficient (Wildman–Crippen LogP) is 0.928. The molecule has 1 unspecified atom stereocenters. The third-order valence-electron chi connectivity index (χ3n) is 2.34. The third kappa shape index (κ3) is 2.90. The van der Waals surface area contributed by atoms with Crippen LogP contribution in [0.5, 0.6) is 0 Å². The fraction of sp³-hybridized carbons (Fsp3) is 0.778. The fourth-order valence-corrected chi connectivity index (χ4v) is 1.72. The van der Waals surface area contributed by atoms with Gasteiger partial charge in [0.25, 0.3) is 0 Å². The molecule has 1 atom stereocenters. The topological polar surface area (TPSA) is 39.8 Å². The molecule has 1 aromatic rings. The smallest absolute Gasteiger partial charge is 0.285 e. The summed E-state index contributed by atoms with van der Waals surface area (Å²) >= 11 is 4.18. The van der Waals surface area contributed by atoms with Gasteiger partial charge in [-0.1, -0.05) is 6.92 Å². The van der Waals surface area contributed by atoms with Gasteiger partial charge in [-0.25, -0.2) is 9.48 Å². The summed E-state index contributed by atoms with van der Waals surface area (Å²) in [5, 5.41) is 4.00. The van der Waals surface area contributed by atoms with Gasteiger partial charge in [-0.3, -0.25) is 4.57 Å². The predicted molar refractivity (Wildman–Crippen MR) is 59.7 cm³/mol. The van der Waals surface area contributed by atoms with Crippen LogP contribution in [0.3, 0.4) is 0 Å². The molecule has 0 aromatic carbocycles. The van der Waals surface area contributed by atoms with Crippen molar-refractivity contribution in [2.24, 2.45) is 13.0 Å². The summed E-state index contributed by atoms with van der Waals surface area (Å²) in [6.07, 6.45) is 3.62. The molecule has 0 aliphatic heterocycles. The number of hydrogen-bond acceptors (Lipinski definition) is 3. The molecule has 0 amide bonds. The minimum Gasteiger partial charge on any atom is -0.285 e. The molecule has 1 heterocycles. The summed E-state index contributed by atoms with van der Waals surface area (Å²) in [7, 11) is 1.71. The first-order valence-corrected chi connectivity index (χ1v) is 5.47. The quantitative estimate of drug-likeness (QED) is 0.742. The van der Waals surface area contributed by atoms with E-state index in [1.807, 2.05) is 0 Å². The standard InChI is InChI=1S/C9H17N3OS/c1-8(4-6-14)3-5-12-9(13)11(2)7-10-12/h7-8,14H,3-6H2,1-2H3. The molecular weight excluding hydrogens is 198 g/mol. The van der Waals surface area contributed by atoms with E-state index in [1.165, 1.54) is 9.25 Å². The van der Waals surface area contributed by atoms with Gasteiger partial charge < -0.3 is 0 Å². The lowest BCUT2D eigenvalue weighted by Gasteiger charge is -2.08. The van der Waals surface area contributed by atoms with Gasteiger partial charge in [0.05, 0.1) is 0 Å². The molecule has 0 bridgehead atoms. The molecule has 0 aliphatic rings. The van der Waals surface area contributed by atoms with Gasteiger partial charge in [0, 0.05) is 13.6 Å². The van der Waals surface area contributed by atoms with Gasteiger partial charge in [0.1, 0.15) is 6.33 Å². The van der Waals surface area contributed by atoms with Gasteiger partial charge >= 0.3 is 5.69 Å². The Morgan fingerprint density at radius 1 is 1.57 bits per heavy atom. The van der Waals surface area contributed by atoms with Crippen molar-refractivity contribution >= 4 is 12.6 Å². The molecule has 0 radical (unpaired) electrons. The molecular formula is C9H17N3OS. The maximum absolute atomic E-state index is 11.4. The van der Waals surface area contributed by atoms with E-state index >= 15 is 0 Å². The van der Waals surface area contributed by atoms with Crippen molar-refractivity contribution in [3.05, 3.63) is 16.8 Å². The first-order valence-electron chi connectivity index (χ1n) is 4.84. The number of rotatable bonds is 5. The summed E-state index contributed by atoms with van der Waals surface area (Å²) < 4.78 is 3.00. The van der Waals surface area contributed by atoms with Gasteiger partial charge in [-0.15, -0.1) is 0 Å². The maximum atomic E-state index is 11.4. The van der Waals surface area contributed by atoms with Crippen LogP contribution in [-0.2, 0) is 13.6 Å². The van der Waals surface area contributed by atoms with E-state index in [2.05, 4.69) is 24.7 Å². The van der Waals surface area contributed by atoms with Gasteiger partial charge in [0.15, 0.2) is 0 Å². The van der Waals surface area contributed by atoms with Crippen LogP contribution < -0.4 is 5.69 Å². The largest absolute Gasteiger partial charge is 0.345 e. The lowest BCUT2D eigenvalue weighted by atomic mass is 10.1. The van der Waals surface area contributed by atoms with E-state index in [9.17, 15) is 4.79 Å². The van der Waals surface area contributed by atoms with Crippen LogP contribution in [0.25, 0.3) is 0 Å². The minimum absolute atomic E-state index is 0.0388. The zero-order chi connectivity index (χ0) is 10.6. The molecule has 14 heavy (non-hydrogen) atoms. The van der Waals surface area contributed by atoms with Gasteiger partial charge in [-0.05, 0) is 24.5 Å². The second-order valence-corrected chi connectivity index (χ2v) is 4.10. The first kappa shape index (κ1) is 11.4. The van der Waals surface area contributed by atoms with Crippen molar-refractivity contribution in [3.8, 4) is 0 Å². The normalized spacial score (nSPS) is 13.1. The second-order valence-electron chi connectivity index (χ2n) is 3.65. The van der Waals surface area contributed by atoms with Gasteiger partial charge in [-0.2, -0.15) is 17.7 Å². The highest BCUT2D eigenvalue weighted by atomic mass is 32.1. The average molecular weight is 215 g/mol. The van der Waals surface area contributed by atoms with Crippen LogP contribution in [0.15, 0.2) is 11.1 Å². The Labute approximate surface area is 89.3 Å². The Morgan fingerprint density at radius 3 is 2.79 bits per heavy atom. The van der Waals surface area contributed by atoms with E-state index in [4.69, 9.17) is 0 Å². The second kappa shape index (κ2) is 5.24. The van der Waals surface area contributed by atoms with Crippen LogP contribution in [0, 0.1) is 5.92 Å². The molecule has 0 aliphatic carbocycles. The van der Waals surface area contributed by atoms with E-state index in [-0.39, 0.29) is 5.69 Å². The van der Waals surface area contributed by atoms with Crippen molar-refractivity contribution < 1.29 is 0 Å². The lowest BCUT2D eigenvalue weighted by molar-refractivity contribution is 0.442. The van der Waals surface area contributed by atoms with Crippen molar-refractivity contribution in [1.29, 1.82) is 0 Å². The Kier molecular flexibility index (Phi) is 4.25. The number of hydrogen-bond donors (Lipinski definition) is 1. The summed E-state index contributed by atoms with van der Waals surface area (Å²) in [6, 6.07) is 0. The molecule has 0 N–H and O–H groups in total. The molecule has 1 aromatic heterocycles. The Bertz CT molecular complexity index is 331. The van der Waals surface area contributed by atoms with Crippen molar-refractivity contribution in [2.45, 2.75) is 26.3 Å². The molecule has 1 rings (SSSR count). The molecule has 80 valence electrons. The van der Waals surface area contributed by atoms with Crippen molar-refractivity contribution in [3.63, 3.8) is 0 Å². The highest BCUT2D eigenvalue weighted by Gasteiger charge is 2.04. The zero-order valence-electron chi connectivity index (χ0n) is 8.68. The van der Waals surface area contributed by atoms with Crippen LogP contribution in [0.2, 0.25) is 0 Å². The van der Waals surface area contributed by atoms with E-state index < -0.39 is 0 Å². The van der Waals surface area contributed by atoms with Crippen LogP contribution >= 0.6 is 12.6 Å². The fourth-order valence-electron chi connectivity index (χ4n) is 1.28. The molecule has 4 nitrogen and oxygen atoms in total. The van der Waals surface area contributed by atoms with Crippen molar-refractivity contribution in [1.82, 2.24) is 14.3 Å². The Morgan fingerprint density at radius 2 is 2.29 bits per heavy atom. The van der Waals surface area contributed by atoms with E-state index in [0.29, 0.717) is 12.5 Å². The highest BCUT2D eigenvalue weighted by Crippen LogP contribution is 2.08. The number of nitrogens with zero attached hydrogens (tertiary/aromatic N) is 3. The van der Waals surface area contributed by atoms with Crippen molar-refractivity contribution in [2.75, 3.05) is 5.75 Å². The zero-order valence-corrected chi connectivity index (χ0v) is 9.57.